The van der Waals surface area contributed by atoms with Crippen LogP contribution in [0.25, 0.3) is 0 Å². The van der Waals surface area contributed by atoms with Crippen molar-refractivity contribution < 1.29 is 22.4 Å². The Balaban J connectivity index is 1.79. The van der Waals surface area contributed by atoms with Gasteiger partial charge in [-0.3, -0.25) is 13.9 Å². The van der Waals surface area contributed by atoms with Crippen molar-refractivity contribution >= 4 is 27.5 Å². The third kappa shape index (κ3) is 8.51. The molecule has 0 fully saturated rings. The summed E-state index contributed by atoms with van der Waals surface area (Å²) < 4.78 is 42.6. The second-order valence-corrected chi connectivity index (χ2v) is 13.1. The van der Waals surface area contributed by atoms with E-state index in [0.29, 0.717) is 11.3 Å². The number of amides is 2. The molecule has 9 heteroatoms. The van der Waals surface area contributed by atoms with Crippen molar-refractivity contribution in [2.75, 3.05) is 10.8 Å². The van der Waals surface area contributed by atoms with Crippen molar-refractivity contribution in [3.05, 3.63) is 132 Å². The molecule has 0 aromatic heterocycles. The van der Waals surface area contributed by atoms with E-state index >= 15 is 0 Å². The monoisotopic (exact) mass is 601 g/mol. The largest absolute Gasteiger partial charge is 0.350 e. The van der Waals surface area contributed by atoms with Gasteiger partial charge in [0.1, 0.15) is 18.4 Å². The minimum atomic E-state index is -4.16. The maximum absolute atomic E-state index is 14.3. The van der Waals surface area contributed by atoms with Gasteiger partial charge in [0, 0.05) is 18.5 Å². The summed E-state index contributed by atoms with van der Waals surface area (Å²) in [5.41, 5.74) is 1.13. The molecule has 1 N–H and O–H groups in total. The molecule has 0 aliphatic rings. The summed E-state index contributed by atoms with van der Waals surface area (Å²) in [5, 5.41) is 2.99. The highest BCUT2D eigenvalue weighted by molar-refractivity contribution is 7.92. The quantitative estimate of drug-likeness (QED) is 0.243. The highest BCUT2D eigenvalue weighted by Gasteiger charge is 2.35. The summed E-state index contributed by atoms with van der Waals surface area (Å²) >= 11 is 0. The van der Waals surface area contributed by atoms with Gasteiger partial charge in [0.15, 0.2) is 0 Å². The van der Waals surface area contributed by atoms with Crippen LogP contribution >= 0.6 is 0 Å². The van der Waals surface area contributed by atoms with Gasteiger partial charge in [0.05, 0.1) is 10.6 Å². The van der Waals surface area contributed by atoms with Crippen LogP contribution in [0, 0.1) is 5.82 Å². The Morgan fingerprint density at radius 2 is 1.30 bits per heavy atom. The van der Waals surface area contributed by atoms with Gasteiger partial charge < -0.3 is 10.2 Å². The number of sulfonamides is 1. The molecule has 4 aromatic carbocycles. The molecular formula is C34H36FN3O4S. The maximum atomic E-state index is 14.3. The van der Waals surface area contributed by atoms with E-state index in [0.717, 1.165) is 9.87 Å². The van der Waals surface area contributed by atoms with E-state index < -0.39 is 39.9 Å². The van der Waals surface area contributed by atoms with Gasteiger partial charge in [-0.05, 0) is 68.3 Å². The molecule has 43 heavy (non-hydrogen) atoms. The van der Waals surface area contributed by atoms with Crippen LogP contribution in [0.4, 0.5) is 10.1 Å². The van der Waals surface area contributed by atoms with E-state index in [-0.39, 0.29) is 23.8 Å². The van der Waals surface area contributed by atoms with E-state index in [1.807, 2.05) is 51.1 Å². The molecule has 0 saturated heterocycles. The van der Waals surface area contributed by atoms with Gasteiger partial charge in [-0.2, -0.15) is 0 Å². The zero-order valence-electron chi connectivity index (χ0n) is 24.5. The van der Waals surface area contributed by atoms with Crippen molar-refractivity contribution in [1.29, 1.82) is 0 Å². The lowest BCUT2D eigenvalue weighted by Crippen LogP contribution is -2.56. The topological polar surface area (TPSA) is 86.8 Å². The van der Waals surface area contributed by atoms with Crippen LogP contribution in [0.5, 0.6) is 0 Å². The van der Waals surface area contributed by atoms with Gasteiger partial charge in [0.25, 0.3) is 10.0 Å². The number of nitrogens with zero attached hydrogens (tertiary/aromatic N) is 2. The van der Waals surface area contributed by atoms with Crippen molar-refractivity contribution in [2.45, 2.75) is 50.2 Å². The van der Waals surface area contributed by atoms with Crippen LogP contribution in [-0.4, -0.2) is 43.3 Å². The summed E-state index contributed by atoms with van der Waals surface area (Å²) in [7, 11) is -4.16. The lowest BCUT2D eigenvalue weighted by atomic mass is 10.0. The summed E-state index contributed by atoms with van der Waals surface area (Å²) in [6, 6.07) is 30.3. The smallest absolute Gasteiger partial charge is 0.264 e. The van der Waals surface area contributed by atoms with Gasteiger partial charge in [0.2, 0.25) is 11.8 Å². The predicted molar refractivity (Wildman–Crippen MR) is 166 cm³/mol. The number of carbonyl (C=O) groups excluding carboxylic acids is 2. The number of hydrogen-bond acceptors (Lipinski definition) is 4. The minimum absolute atomic E-state index is 0.0306. The zero-order valence-corrected chi connectivity index (χ0v) is 25.3. The first-order chi connectivity index (χ1) is 20.4. The molecule has 0 bridgehead atoms. The average molecular weight is 602 g/mol. The number of carbonyl (C=O) groups is 2. The first-order valence-electron chi connectivity index (χ1n) is 14.0. The fourth-order valence-electron chi connectivity index (χ4n) is 4.64. The normalized spacial score (nSPS) is 12.3. The molecule has 1 atom stereocenters. The first-order valence-corrected chi connectivity index (χ1v) is 15.4. The lowest BCUT2D eigenvalue weighted by Gasteiger charge is -2.35. The van der Waals surface area contributed by atoms with Crippen molar-refractivity contribution in [1.82, 2.24) is 10.2 Å². The van der Waals surface area contributed by atoms with Crippen LogP contribution in [0.2, 0.25) is 0 Å². The fraction of sp³-hybridized carbons (Fsp3) is 0.235. The first kappa shape index (κ1) is 31.4. The van der Waals surface area contributed by atoms with Gasteiger partial charge >= 0.3 is 0 Å². The number of anilines is 1. The molecule has 0 aliphatic heterocycles. The Bertz CT molecular complexity index is 1610. The average Bonchev–Trinajstić information content (AvgIpc) is 2.99. The van der Waals surface area contributed by atoms with Crippen molar-refractivity contribution in [3.8, 4) is 0 Å². The lowest BCUT2D eigenvalue weighted by molar-refractivity contribution is -0.140. The summed E-state index contributed by atoms with van der Waals surface area (Å²) in [5.74, 6) is -1.40. The fourth-order valence-corrected chi connectivity index (χ4v) is 6.07. The van der Waals surface area contributed by atoms with Gasteiger partial charge in [-0.25, -0.2) is 12.8 Å². The molecule has 2 amide bonds. The highest BCUT2D eigenvalue weighted by Crippen LogP contribution is 2.25. The second kappa shape index (κ2) is 13.6. The Hall–Kier alpha value is -4.50. The molecule has 224 valence electrons. The second-order valence-electron chi connectivity index (χ2n) is 11.3. The zero-order chi connectivity index (χ0) is 31.0. The standard InChI is InChI=1S/C34H36FN3O4S/c1-34(2,3)36-33(40)31(23-26-13-7-4-8-14-26)37(24-27-19-21-28(35)22-20-27)32(39)25-38(29-15-9-5-10-16-29)43(41,42)30-17-11-6-12-18-30/h4-22,31H,23-25H2,1-3H3,(H,36,40). The van der Waals surface area contributed by atoms with E-state index in [4.69, 9.17) is 0 Å². The Kier molecular flexibility index (Phi) is 9.98. The Morgan fingerprint density at radius 1 is 0.767 bits per heavy atom. The van der Waals surface area contributed by atoms with Crippen LogP contribution in [0.3, 0.4) is 0 Å². The summed E-state index contributed by atoms with van der Waals surface area (Å²) in [4.78, 5) is 29.6. The van der Waals surface area contributed by atoms with Crippen LogP contribution in [0.15, 0.2) is 120 Å². The molecular weight excluding hydrogens is 565 g/mol. The highest BCUT2D eigenvalue weighted by atomic mass is 32.2. The van der Waals surface area contributed by atoms with Gasteiger partial charge in [-0.15, -0.1) is 0 Å². The minimum Gasteiger partial charge on any atom is -0.350 e. The molecule has 0 aliphatic carbocycles. The molecule has 0 spiro atoms. The van der Waals surface area contributed by atoms with E-state index in [9.17, 15) is 22.4 Å². The van der Waals surface area contributed by atoms with E-state index in [2.05, 4.69) is 5.32 Å². The number of benzene rings is 4. The number of para-hydroxylation sites is 1. The number of hydrogen-bond donors (Lipinski definition) is 1. The summed E-state index contributed by atoms with van der Waals surface area (Å²) in [6.07, 6.45) is 0.187. The third-order valence-electron chi connectivity index (χ3n) is 6.69. The van der Waals surface area contributed by atoms with Crippen LogP contribution in [0.1, 0.15) is 31.9 Å². The van der Waals surface area contributed by atoms with E-state index in [1.54, 1.807) is 60.7 Å². The van der Waals surface area contributed by atoms with Crippen LogP contribution in [-0.2, 0) is 32.6 Å². The third-order valence-corrected chi connectivity index (χ3v) is 8.48. The predicted octanol–water partition coefficient (Wildman–Crippen LogP) is 5.58. The van der Waals surface area contributed by atoms with Gasteiger partial charge in [-0.1, -0.05) is 78.9 Å². The number of rotatable bonds is 11. The molecule has 4 rings (SSSR count). The van der Waals surface area contributed by atoms with Crippen LogP contribution < -0.4 is 9.62 Å². The van der Waals surface area contributed by atoms with Crippen molar-refractivity contribution in [2.24, 2.45) is 0 Å². The maximum Gasteiger partial charge on any atom is 0.264 e. The molecule has 4 aromatic rings. The molecule has 1 unspecified atom stereocenters. The number of halogens is 1. The SMILES string of the molecule is CC(C)(C)NC(=O)C(Cc1ccccc1)N(Cc1ccc(F)cc1)C(=O)CN(c1ccccc1)S(=O)(=O)c1ccccc1. The summed E-state index contributed by atoms with van der Waals surface area (Å²) in [6.45, 7) is 4.94. The molecule has 0 saturated carbocycles. The number of nitrogens with one attached hydrogen (secondary N) is 1. The Morgan fingerprint density at radius 3 is 1.86 bits per heavy atom. The molecule has 0 radical (unpaired) electrons. The van der Waals surface area contributed by atoms with Crippen molar-refractivity contribution in [3.63, 3.8) is 0 Å². The molecule has 7 nitrogen and oxygen atoms in total. The van der Waals surface area contributed by atoms with E-state index in [1.165, 1.54) is 29.2 Å². The molecule has 0 heterocycles. The Labute approximate surface area is 253 Å².